The maximum atomic E-state index is 12.4. The van der Waals surface area contributed by atoms with E-state index in [2.05, 4.69) is 377 Å². The van der Waals surface area contributed by atoms with Crippen LogP contribution in [-0.2, 0) is 25.8 Å². The summed E-state index contributed by atoms with van der Waals surface area (Å²) in [5.74, 6) is 6.46. The maximum absolute atomic E-state index is 12.4. The Morgan fingerprint density at radius 2 is 0.453 bits per heavy atom. The number of nitrogens with zero attached hydrogens (tertiary/aromatic N) is 4. The van der Waals surface area contributed by atoms with Crippen molar-refractivity contribution in [3.05, 3.63) is 377 Å². The van der Waals surface area contributed by atoms with Crippen LogP contribution in [0.1, 0.15) is 153 Å². The van der Waals surface area contributed by atoms with Gasteiger partial charge < -0.3 is 72.5 Å². The van der Waals surface area contributed by atoms with E-state index in [9.17, 15) is 20.4 Å². The van der Waals surface area contributed by atoms with Crippen molar-refractivity contribution >= 4 is 87.2 Å². The summed E-state index contributed by atoms with van der Waals surface area (Å²) in [6.45, 7) is 20.1. The van der Waals surface area contributed by atoms with Crippen LogP contribution in [0.15, 0.2) is 340 Å². The van der Waals surface area contributed by atoms with Gasteiger partial charge in [0.25, 0.3) is 11.5 Å². The quantitative estimate of drug-likeness (QED) is 0.0269. The van der Waals surface area contributed by atoms with Crippen LogP contribution in [-0.4, -0.2) is 74.6 Å². The molecule has 12 nitrogen and oxygen atoms in total. The molecule has 16 aromatic carbocycles. The largest absolute Gasteiger partial charge is 0.582 e. The predicted octanol–water partition coefficient (Wildman–Crippen LogP) is 32.9. The van der Waals surface area contributed by atoms with Crippen molar-refractivity contribution in [3.63, 3.8) is 0 Å². The molecule has 22 rings (SSSR count). The summed E-state index contributed by atoms with van der Waals surface area (Å²) in [4.78, 5) is 0. The fraction of sp³-hybridized carbons (Fsp3) is 0.222. The van der Waals surface area contributed by atoms with Gasteiger partial charge >= 0.3 is 0 Å². The average molecular weight is 2000 g/mol. The van der Waals surface area contributed by atoms with Gasteiger partial charge in [-0.3, -0.25) is 0 Å². The Hall–Kier alpha value is -14.0. The van der Waals surface area contributed by atoms with Crippen molar-refractivity contribution in [3.8, 4) is 113 Å². The van der Waals surface area contributed by atoms with Gasteiger partial charge in [0.2, 0.25) is 0 Å². The van der Waals surface area contributed by atoms with Crippen LogP contribution in [0.3, 0.4) is 0 Å². The van der Waals surface area contributed by atoms with E-state index in [4.69, 9.17) is 18.9 Å². The molecule has 139 heavy (non-hydrogen) atoms. The van der Waals surface area contributed by atoms with Crippen LogP contribution in [0, 0.1) is 38.5 Å². The van der Waals surface area contributed by atoms with Crippen molar-refractivity contribution in [2.75, 3.05) is 26.4 Å². The zero-order chi connectivity index (χ0) is 92.9. The Bertz CT molecular complexity index is 6760. The van der Waals surface area contributed by atoms with Crippen LogP contribution in [0.4, 0.5) is 0 Å². The minimum absolute atomic E-state index is 0. The molecule has 2 saturated carbocycles. The van der Waals surface area contributed by atoms with Gasteiger partial charge in [-0.1, -0.05) is 287 Å². The van der Waals surface area contributed by atoms with Crippen molar-refractivity contribution in [1.82, 2.24) is 18.3 Å². The summed E-state index contributed by atoms with van der Waals surface area (Å²) in [5, 5.41) is 58.9. The molecular weight excluding hydrogens is 1880 g/mol. The van der Waals surface area contributed by atoms with E-state index in [-0.39, 0.29) is 99.2 Å². The van der Waals surface area contributed by atoms with Crippen molar-refractivity contribution in [1.29, 1.82) is 0 Å². The second kappa shape index (κ2) is 41.0. The maximum Gasteiger partial charge on any atom is 0.262 e. The number of aromatic hydroxyl groups is 6. The molecule has 2 fully saturated rings. The average Bonchev–Trinajstić information content (AvgIpc) is 1.60. The zero-order valence-electron chi connectivity index (χ0n) is 81.2. The van der Waals surface area contributed by atoms with Gasteiger partial charge in [-0.15, -0.1) is 0 Å². The molecule has 20 aromatic rings. The molecule has 0 amide bonds. The van der Waals surface area contributed by atoms with Gasteiger partial charge in [-0.05, 0) is 205 Å². The summed E-state index contributed by atoms with van der Waals surface area (Å²) in [7, 11) is 0. The monoisotopic (exact) mass is 2000 g/mol. The topological polar surface area (TPSA) is 145 Å². The second-order valence-electron chi connectivity index (χ2n) is 38.8. The van der Waals surface area contributed by atoms with Gasteiger partial charge in [0.05, 0.1) is 91.2 Å². The van der Waals surface area contributed by atoms with E-state index in [1.807, 2.05) is 36.4 Å². The Morgan fingerprint density at radius 3 is 0.698 bits per heavy atom. The van der Waals surface area contributed by atoms with Crippen LogP contribution < -0.4 is 9.47 Å². The first-order valence-corrected chi connectivity index (χ1v) is 48.9. The number of benzene rings is 16. The third kappa shape index (κ3) is 18.0. The van der Waals surface area contributed by atoms with E-state index in [1.54, 1.807) is 0 Å². The third-order valence-electron chi connectivity index (χ3n) is 29.2. The number of phenolic OH excluding ortho intramolecular Hbond substituents is 4. The van der Waals surface area contributed by atoms with Gasteiger partial charge in [-0.2, -0.15) is 0 Å². The first-order valence-electron chi connectivity index (χ1n) is 48.9. The van der Waals surface area contributed by atoms with Crippen molar-refractivity contribution < 1.29 is 65.2 Å². The minimum Gasteiger partial charge on any atom is -0.582 e. The van der Waals surface area contributed by atoms with Gasteiger partial charge in [0, 0.05) is 126 Å². The summed E-state index contributed by atoms with van der Waals surface area (Å²) in [6.07, 6.45) is 8.92. The Kier molecular flexibility index (Phi) is 28.1. The first kappa shape index (κ1) is 95.3. The molecular formula is C126H124HfN4O8. The van der Waals surface area contributed by atoms with E-state index in [0.29, 0.717) is 38.3 Å². The number of rotatable bonds is 24. The normalized spacial score (nSPS) is 15.0. The predicted molar refractivity (Wildman–Crippen MR) is 576 cm³/mol. The fourth-order valence-electron chi connectivity index (χ4n) is 21.8. The molecule has 2 aliphatic rings. The molecule has 0 bridgehead atoms. The minimum atomic E-state index is 0. The van der Waals surface area contributed by atoms with Crippen molar-refractivity contribution in [2.45, 2.75) is 130 Å². The number of hydrogen-bond acceptors (Lipinski definition) is 6. The molecule has 700 valence electrons. The van der Waals surface area contributed by atoms with Gasteiger partial charge in [0.15, 0.2) is 13.2 Å². The molecule has 0 aliphatic heterocycles. The smallest absolute Gasteiger partial charge is 0.262 e. The number of aromatic nitrogens is 4. The summed E-state index contributed by atoms with van der Waals surface area (Å²) < 4.78 is 33.4. The number of fused-ring (bicyclic) bond motifs is 12. The van der Waals surface area contributed by atoms with E-state index in [0.717, 1.165) is 238 Å². The molecule has 4 aromatic heterocycles. The SMILES string of the molecule is CC(C)c1cc(-c2ccccc2OCC2CCCCC2COc2ccccc2-c2cc(C(C)C)cc(-n3c4ccccc4c4ccccc43)c2O)c(O)c(-n2c3ccccc3c3ccccc32)c1.CC(C)c1cc(-c2ccccc2[OH+]CC2CCCCC2C[OH+]c2ccccc2-c2cc(C(C)C)cc(-n3c4ccccc4c4ccccc43)c2O)c(O)c(-n2c3ccccc3c3ccccc32)c1.[CH3-].[CH3-].[Hf]. The summed E-state index contributed by atoms with van der Waals surface area (Å²) in [5.41, 5.74) is 22.9. The van der Waals surface area contributed by atoms with Gasteiger partial charge in [-0.25, -0.2) is 0 Å². The molecule has 0 radical (unpaired) electrons. The molecule has 4 atom stereocenters. The number of aliphatic hydroxyl groups is 2. The van der Waals surface area contributed by atoms with Crippen molar-refractivity contribution in [2.24, 2.45) is 23.7 Å². The Labute approximate surface area is 835 Å². The third-order valence-corrected chi connectivity index (χ3v) is 29.2. The Morgan fingerprint density at radius 1 is 0.252 bits per heavy atom. The molecule has 4 heterocycles. The summed E-state index contributed by atoms with van der Waals surface area (Å²) >= 11 is 0. The number of hydrogen-bond donors (Lipinski definition) is 4. The van der Waals surface area contributed by atoms with E-state index < -0.39 is 0 Å². The molecule has 13 heteroatoms. The zero-order valence-corrected chi connectivity index (χ0v) is 84.8. The molecule has 0 saturated heterocycles. The van der Waals surface area contributed by atoms with Crippen LogP contribution in [0.25, 0.3) is 154 Å². The van der Waals surface area contributed by atoms with Crippen LogP contribution in [0.5, 0.6) is 46.0 Å². The molecule has 4 unspecified atom stereocenters. The number of phenols is 4. The van der Waals surface area contributed by atoms with E-state index >= 15 is 0 Å². The fourth-order valence-corrected chi connectivity index (χ4v) is 21.8. The van der Waals surface area contributed by atoms with Gasteiger partial charge in [0.1, 0.15) is 34.5 Å². The molecule has 2 aliphatic carbocycles. The molecule has 6 N–H and O–H groups in total. The summed E-state index contributed by atoms with van der Waals surface area (Å²) in [6, 6.07) is 118. The van der Waals surface area contributed by atoms with E-state index in [1.165, 1.54) is 12.8 Å². The molecule has 0 spiro atoms. The number of ether oxygens (including phenoxy) is 4. The van der Waals surface area contributed by atoms with Crippen LogP contribution in [0.2, 0.25) is 0 Å². The Balaban J connectivity index is 0.000000180. The first-order chi connectivity index (χ1) is 66.5. The number of para-hydroxylation sites is 12. The second-order valence-corrected chi connectivity index (χ2v) is 38.8. The van der Waals surface area contributed by atoms with Crippen LogP contribution >= 0.6 is 0 Å². The standard InChI is InChI=1S/2C62H58N2O4.2CH3.Hf/c2*1-39(2)43-33-51(61(65)57(35-43)63-53-27-13-7-21-45(53)46-22-8-14-28-54(46)63)49-25-11-17-31-59(49)67-37-41-19-5-6-20-42(41)38-68-60-32-18-12-26-50(60)52-34-44(40(3)4)36-58(62(52)66)64-55-29-15-9-23-47(55)48-24-10-16-30-56(48)64;;;/h2*7-18,21-36,39-42,65-66H,5-6,19-20,37-38H2,1-4H3;2*1H3;/q;;2*-1;/p+2.